The minimum absolute atomic E-state index is 0.0626. The lowest BCUT2D eigenvalue weighted by molar-refractivity contribution is -0.128. The first kappa shape index (κ1) is 19.7. The molecule has 0 saturated heterocycles. The fraction of sp³-hybridized carbons (Fsp3) is 0.211. The van der Waals surface area contributed by atoms with Crippen LogP contribution in [0, 0.1) is 0 Å². The molecule has 6 nitrogen and oxygen atoms in total. The van der Waals surface area contributed by atoms with Crippen molar-refractivity contribution in [2.75, 3.05) is 18.9 Å². The van der Waals surface area contributed by atoms with Gasteiger partial charge in [0.1, 0.15) is 0 Å². The number of nitrogens with zero attached hydrogens (tertiary/aromatic N) is 1. The highest BCUT2D eigenvalue weighted by Gasteiger charge is 2.12. The van der Waals surface area contributed by atoms with E-state index in [4.69, 9.17) is 0 Å². The lowest BCUT2D eigenvalue weighted by Crippen LogP contribution is -2.33. The van der Waals surface area contributed by atoms with Gasteiger partial charge in [-0.3, -0.25) is 14.4 Å². The van der Waals surface area contributed by atoms with Crippen molar-refractivity contribution in [1.82, 2.24) is 10.2 Å². The van der Waals surface area contributed by atoms with Crippen molar-refractivity contribution >= 4 is 39.3 Å². The zero-order valence-corrected chi connectivity index (χ0v) is 16.2. The molecule has 2 N–H and O–H groups in total. The van der Waals surface area contributed by atoms with Gasteiger partial charge in [-0.2, -0.15) is 0 Å². The molecule has 0 bridgehead atoms. The van der Waals surface area contributed by atoms with Gasteiger partial charge in [-0.15, -0.1) is 0 Å². The Kier molecular flexibility index (Phi) is 6.91. The predicted octanol–water partition coefficient (Wildman–Crippen LogP) is 2.80. The van der Waals surface area contributed by atoms with Gasteiger partial charge < -0.3 is 15.5 Å². The average molecular weight is 418 g/mol. The number of rotatable bonds is 6. The van der Waals surface area contributed by atoms with E-state index < -0.39 is 0 Å². The Bertz CT molecular complexity index is 823. The monoisotopic (exact) mass is 417 g/mol. The molecule has 0 aliphatic rings. The van der Waals surface area contributed by atoms with Gasteiger partial charge in [0, 0.05) is 36.2 Å². The van der Waals surface area contributed by atoms with Crippen molar-refractivity contribution in [2.45, 2.75) is 13.5 Å². The number of para-hydroxylation sites is 1. The van der Waals surface area contributed by atoms with Crippen LogP contribution in [0.2, 0.25) is 0 Å². The number of benzene rings is 2. The Labute approximate surface area is 160 Å². The molecule has 7 heteroatoms. The normalized spacial score (nSPS) is 10.1. The minimum Gasteiger partial charge on any atom is -0.343 e. The van der Waals surface area contributed by atoms with Crippen LogP contribution in [0.5, 0.6) is 0 Å². The number of hydrogen-bond donors (Lipinski definition) is 2. The van der Waals surface area contributed by atoms with E-state index in [-0.39, 0.29) is 24.3 Å². The molecule has 2 aromatic carbocycles. The third-order valence-corrected chi connectivity index (χ3v) is 4.23. The highest BCUT2D eigenvalue weighted by molar-refractivity contribution is 9.10. The number of halogens is 1. The molecule has 26 heavy (non-hydrogen) atoms. The summed E-state index contributed by atoms with van der Waals surface area (Å²) in [5.74, 6) is -0.732. The van der Waals surface area contributed by atoms with Crippen LogP contribution in [0.4, 0.5) is 5.69 Å². The molecular formula is C19H20BrN3O3. The average Bonchev–Trinajstić information content (AvgIpc) is 2.61. The van der Waals surface area contributed by atoms with Crippen LogP contribution in [0.15, 0.2) is 53.0 Å². The Morgan fingerprint density at radius 2 is 1.81 bits per heavy atom. The maximum atomic E-state index is 12.2. The molecule has 3 amide bonds. The first-order valence-electron chi connectivity index (χ1n) is 8.00. The van der Waals surface area contributed by atoms with Crippen molar-refractivity contribution in [1.29, 1.82) is 0 Å². The van der Waals surface area contributed by atoms with Gasteiger partial charge in [0.15, 0.2) is 0 Å². The lowest BCUT2D eigenvalue weighted by Gasteiger charge is -2.18. The summed E-state index contributed by atoms with van der Waals surface area (Å²) in [7, 11) is 1.69. The minimum atomic E-state index is -0.341. The van der Waals surface area contributed by atoms with Gasteiger partial charge in [0.25, 0.3) is 5.91 Å². The van der Waals surface area contributed by atoms with Crippen molar-refractivity contribution < 1.29 is 14.4 Å². The molecule has 0 saturated carbocycles. The molecule has 0 aliphatic carbocycles. The van der Waals surface area contributed by atoms with Crippen LogP contribution in [0.1, 0.15) is 22.8 Å². The number of amides is 3. The predicted molar refractivity (Wildman–Crippen MR) is 104 cm³/mol. The quantitative estimate of drug-likeness (QED) is 0.758. The van der Waals surface area contributed by atoms with E-state index >= 15 is 0 Å². The highest BCUT2D eigenvalue weighted by atomic mass is 79.9. The van der Waals surface area contributed by atoms with Crippen LogP contribution in [0.3, 0.4) is 0 Å². The maximum Gasteiger partial charge on any atom is 0.251 e. The van der Waals surface area contributed by atoms with Crippen molar-refractivity contribution in [3.8, 4) is 0 Å². The molecular weight excluding hydrogens is 398 g/mol. The number of nitrogens with one attached hydrogen (secondary N) is 2. The number of hydrogen-bond acceptors (Lipinski definition) is 3. The fourth-order valence-electron chi connectivity index (χ4n) is 2.23. The van der Waals surface area contributed by atoms with E-state index in [1.54, 1.807) is 42.3 Å². The summed E-state index contributed by atoms with van der Waals surface area (Å²) in [6.45, 7) is 1.72. The summed E-state index contributed by atoms with van der Waals surface area (Å²) in [6, 6.07) is 14.2. The van der Waals surface area contributed by atoms with Gasteiger partial charge in [-0.1, -0.05) is 40.2 Å². The first-order chi connectivity index (χ1) is 12.4. The van der Waals surface area contributed by atoms with Gasteiger partial charge in [0.2, 0.25) is 11.8 Å². The summed E-state index contributed by atoms with van der Waals surface area (Å²) in [6.07, 6.45) is 0. The lowest BCUT2D eigenvalue weighted by atomic mass is 10.1. The van der Waals surface area contributed by atoms with E-state index in [1.165, 1.54) is 6.92 Å². The molecule has 0 fully saturated rings. The van der Waals surface area contributed by atoms with Crippen LogP contribution in [-0.2, 0) is 16.1 Å². The van der Waals surface area contributed by atoms with Gasteiger partial charge in [-0.05, 0) is 29.8 Å². The SMILES string of the molecule is CC(=O)N(C)Cc1ccccc1NC(=O)CNC(=O)c1cccc(Br)c1. The zero-order chi connectivity index (χ0) is 19.1. The molecule has 0 aromatic heterocycles. The molecule has 0 radical (unpaired) electrons. The summed E-state index contributed by atoms with van der Waals surface area (Å²) in [5.41, 5.74) is 1.90. The molecule has 2 rings (SSSR count). The topological polar surface area (TPSA) is 78.5 Å². The van der Waals surface area contributed by atoms with Crippen LogP contribution in [0.25, 0.3) is 0 Å². The van der Waals surface area contributed by atoms with E-state index in [1.807, 2.05) is 18.2 Å². The third-order valence-electron chi connectivity index (χ3n) is 3.73. The third kappa shape index (κ3) is 5.70. The summed E-state index contributed by atoms with van der Waals surface area (Å²) >= 11 is 3.31. The summed E-state index contributed by atoms with van der Waals surface area (Å²) < 4.78 is 0.790. The molecule has 2 aromatic rings. The molecule has 0 heterocycles. The summed E-state index contributed by atoms with van der Waals surface area (Å²) in [4.78, 5) is 37.2. The van der Waals surface area contributed by atoms with Crippen LogP contribution >= 0.6 is 15.9 Å². The fourth-order valence-corrected chi connectivity index (χ4v) is 2.63. The Balaban J connectivity index is 1.95. The highest BCUT2D eigenvalue weighted by Crippen LogP contribution is 2.17. The van der Waals surface area contributed by atoms with Crippen LogP contribution < -0.4 is 10.6 Å². The van der Waals surface area contributed by atoms with Gasteiger partial charge >= 0.3 is 0 Å². The largest absolute Gasteiger partial charge is 0.343 e. The van der Waals surface area contributed by atoms with Crippen LogP contribution in [-0.4, -0.2) is 36.2 Å². The van der Waals surface area contributed by atoms with Crippen molar-refractivity contribution in [2.24, 2.45) is 0 Å². The zero-order valence-electron chi connectivity index (χ0n) is 14.6. The van der Waals surface area contributed by atoms with Crippen molar-refractivity contribution in [3.63, 3.8) is 0 Å². The standard InChI is InChI=1S/C19H20BrN3O3/c1-13(24)23(2)12-15-6-3-4-9-17(15)22-18(25)11-21-19(26)14-7-5-8-16(20)10-14/h3-10H,11-12H2,1-2H3,(H,21,26)(H,22,25). The molecule has 0 spiro atoms. The molecule has 0 unspecified atom stereocenters. The van der Waals surface area contributed by atoms with E-state index in [2.05, 4.69) is 26.6 Å². The smallest absolute Gasteiger partial charge is 0.251 e. The Morgan fingerprint density at radius 1 is 1.08 bits per heavy atom. The first-order valence-corrected chi connectivity index (χ1v) is 8.79. The summed E-state index contributed by atoms with van der Waals surface area (Å²) in [5, 5.41) is 5.36. The number of carbonyl (C=O) groups is 3. The maximum absolute atomic E-state index is 12.2. The van der Waals surface area contributed by atoms with Crippen molar-refractivity contribution in [3.05, 3.63) is 64.1 Å². The second-order valence-electron chi connectivity index (χ2n) is 5.77. The Hall–Kier alpha value is -2.67. The second kappa shape index (κ2) is 9.15. The van der Waals surface area contributed by atoms with E-state index in [9.17, 15) is 14.4 Å². The molecule has 0 atom stereocenters. The number of anilines is 1. The van der Waals surface area contributed by atoms with Gasteiger partial charge in [-0.25, -0.2) is 0 Å². The molecule has 136 valence electrons. The number of carbonyl (C=O) groups excluding carboxylic acids is 3. The van der Waals surface area contributed by atoms with Gasteiger partial charge in [0.05, 0.1) is 6.54 Å². The Morgan fingerprint density at radius 3 is 2.50 bits per heavy atom. The van der Waals surface area contributed by atoms with E-state index in [0.29, 0.717) is 17.8 Å². The molecule has 0 aliphatic heterocycles. The second-order valence-corrected chi connectivity index (χ2v) is 6.69. The van der Waals surface area contributed by atoms with E-state index in [0.717, 1.165) is 10.0 Å².